The second-order valence-corrected chi connectivity index (χ2v) is 7.53. The Labute approximate surface area is 177 Å². The summed E-state index contributed by atoms with van der Waals surface area (Å²) >= 11 is 1.56. The van der Waals surface area contributed by atoms with E-state index in [2.05, 4.69) is 10.6 Å². The smallest absolute Gasteiger partial charge is 0.315 e. The van der Waals surface area contributed by atoms with Crippen molar-refractivity contribution in [1.29, 1.82) is 5.26 Å². The maximum absolute atomic E-state index is 13.8. The Hall–Kier alpha value is -3.44. The number of likely N-dealkylation sites (N-methyl/N-ethyl adjacent to an activating group) is 1. The summed E-state index contributed by atoms with van der Waals surface area (Å²) in [6.45, 7) is 1.88. The molecule has 0 radical (unpaired) electrons. The van der Waals surface area contributed by atoms with Crippen LogP contribution in [0.15, 0.2) is 53.9 Å². The third kappa shape index (κ3) is 4.93. The van der Waals surface area contributed by atoms with Gasteiger partial charge in [0.1, 0.15) is 11.9 Å². The maximum atomic E-state index is 13.8. The van der Waals surface area contributed by atoms with Crippen molar-refractivity contribution < 1.29 is 14.0 Å². The molecule has 2 aromatic carbocycles. The molecule has 1 heterocycles. The largest absolute Gasteiger partial charge is 0.334 e. The summed E-state index contributed by atoms with van der Waals surface area (Å²) < 4.78 is 14.8. The minimum atomic E-state index is -0.928. The van der Waals surface area contributed by atoms with Crippen molar-refractivity contribution in [2.24, 2.45) is 0 Å². The number of carbonyl (C=O) groups excluding carboxylic acids is 2. The first-order valence-electron chi connectivity index (χ1n) is 9.47. The van der Waals surface area contributed by atoms with Gasteiger partial charge in [-0.05, 0) is 35.4 Å². The molecule has 0 aliphatic heterocycles. The lowest BCUT2D eigenvalue weighted by Crippen LogP contribution is -2.51. The van der Waals surface area contributed by atoms with Gasteiger partial charge in [-0.1, -0.05) is 36.4 Å². The first-order valence-corrected chi connectivity index (χ1v) is 10.4. The molecule has 1 aromatic heterocycles. The van der Waals surface area contributed by atoms with Crippen molar-refractivity contribution >= 4 is 33.4 Å². The molecule has 30 heavy (non-hydrogen) atoms. The Balaban J connectivity index is 1.75. The molecule has 3 rings (SSSR count). The number of halogens is 1. The van der Waals surface area contributed by atoms with Gasteiger partial charge in [-0.2, -0.15) is 5.26 Å². The number of rotatable bonds is 7. The molecule has 3 aromatic rings. The number of nitriles is 1. The van der Waals surface area contributed by atoms with Gasteiger partial charge in [0, 0.05) is 29.8 Å². The van der Waals surface area contributed by atoms with Crippen molar-refractivity contribution in [3.05, 3.63) is 70.9 Å². The van der Waals surface area contributed by atoms with Crippen LogP contribution in [0, 0.1) is 17.3 Å². The van der Waals surface area contributed by atoms with Crippen LogP contribution < -0.4 is 10.6 Å². The van der Waals surface area contributed by atoms with E-state index < -0.39 is 23.8 Å². The van der Waals surface area contributed by atoms with Crippen molar-refractivity contribution in [2.45, 2.75) is 25.9 Å². The zero-order chi connectivity index (χ0) is 21.5. The maximum Gasteiger partial charge on any atom is 0.315 e. The summed E-state index contributed by atoms with van der Waals surface area (Å²) in [6.07, 6.45) is 2.10. The van der Waals surface area contributed by atoms with E-state index in [0.29, 0.717) is 5.56 Å². The van der Waals surface area contributed by atoms with E-state index in [1.54, 1.807) is 36.5 Å². The molecule has 0 aliphatic carbocycles. The minimum Gasteiger partial charge on any atom is -0.334 e. The second kappa shape index (κ2) is 9.85. The van der Waals surface area contributed by atoms with Crippen LogP contribution >= 0.6 is 11.3 Å². The summed E-state index contributed by atoms with van der Waals surface area (Å²) in [7, 11) is 0. The fraction of sp³-hybridized carbons (Fsp3) is 0.227. The molecule has 0 saturated carbocycles. The van der Waals surface area contributed by atoms with Gasteiger partial charge in [0.15, 0.2) is 6.19 Å². The van der Waals surface area contributed by atoms with Gasteiger partial charge in [-0.3, -0.25) is 4.79 Å². The average Bonchev–Trinajstić information content (AvgIpc) is 3.16. The first kappa shape index (κ1) is 21.3. The lowest BCUT2D eigenvalue weighted by Gasteiger charge is -2.22. The van der Waals surface area contributed by atoms with Gasteiger partial charge in [-0.15, -0.1) is 11.3 Å². The number of fused-ring (bicyclic) bond motifs is 1. The van der Waals surface area contributed by atoms with E-state index in [4.69, 9.17) is 0 Å². The highest BCUT2D eigenvalue weighted by atomic mass is 32.1. The van der Waals surface area contributed by atoms with Crippen LogP contribution in [0.2, 0.25) is 0 Å². The van der Waals surface area contributed by atoms with E-state index in [1.807, 2.05) is 35.8 Å². The van der Waals surface area contributed by atoms with Crippen LogP contribution in [-0.4, -0.2) is 29.4 Å². The summed E-state index contributed by atoms with van der Waals surface area (Å²) in [5, 5.41) is 17.4. The van der Waals surface area contributed by atoms with Gasteiger partial charge in [-0.25, -0.2) is 14.1 Å². The van der Waals surface area contributed by atoms with Gasteiger partial charge in [0.25, 0.3) is 5.91 Å². The first-order chi connectivity index (χ1) is 14.5. The third-order valence-corrected chi connectivity index (χ3v) is 5.70. The number of carbonyl (C=O) groups is 2. The van der Waals surface area contributed by atoms with E-state index in [1.165, 1.54) is 6.07 Å². The number of benzene rings is 2. The zero-order valence-corrected chi connectivity index (χ0v) is 17.2. The Morgan fingerprint density at radius 2 is 1.90 bits per heavy atom. The average molecular weight is 425 g/mol. The number of nitrogens with one attached hydrogen (secondary N) is 2. The van der Waals surface area contributed by atoms with E-state index in [-0.39, 0.29) is 19.5 Å². The number of urea groups is 1. The van der Waals surface area contributed by atoms with E-state index in [9.17, 15) is 19.2 Å². The summed E-state index contributed by atoms with van der Waals surface area (Å²) in [6, 6.07) is 12.4. The Kier molecular flexibility index (Phi) is 6.99. The van der Waals surface area contributed by atoms with Crippen molar-refractivity contribution in [2.75, 3.05) is 6.54 Å². The standard InChI is InChI=1S/C22H21FN4O2S/c1-2-27(14-24)21(28)19(11-16-13-30-20-10-6-4-8-17(16)20)26-22(29)25-12-15-7-3-5-9-18(15)23/h3-10,13,19H,2,11-12H2,1H3,(H2,25,26,29). The summed E-state index contributed by atoms with van der Waals surface area (Å²) in [4.78, 5) is 26.3. The second-order valence-electron chi connectivity index (χ2n) is 6.61. The topological polar surface area (TPSA) is 85.2 Å². The van der Waals surface area contributed by atoms with Gasteiger partial charge < -0.3 is 10.6 Å². The fourth-order valence-corrected chi connectivity index (χ4v) is 4.08. The van der Waals surface area contributed by atoms with Crippen LogP contribution in [0.4, 0.5) is 9.18 Å². The molecular weight excluding hydrogens is 403 g/mol. The normalized spacial score (nSPS) is 11.5. The Morgan fingerprint density at radius 1 is 1.17 bits per heavy atom. The highest BCUT2D eigenvalue weighted by Crippen LogP contribution is 2.26. The zero-order valence-electron chi connectivity index (χ0n) is 16.4. The van der Waals surface area contributed by atoms with Gasteiger partial charge in [0.05, 0.1) is 0 Å². The molecule has 8 heteroatoms. The highest BCUT2D eigenvalue weighted by molar-refractivity contribution is 7.17. The summed E-state index contributed by atoms with van der Waals surface area (Å²) in [5.41, 5.74) is 1.25. The SMILES string of the molecule is CCN(C#N)C(=O)C(Cc1csc2ccccc12)NC(=O)NCc1ccccc1F. The molecule has 0 fully saturated rings. The molecule has 3 amide bonds. The van der Waals surface area contributed by atoms with Gasteiger partial charge >= 0.3 is 6.03 Å². The van der Waals surface area contributed by atoms with Crippen molar-refractivity contribution in [3.63, 3.8) is 0 Å². The predicted molar refractivity (Wildman–Crippen MR) is 114 cm³/mol. The van der Waals surface area contributed by atoms with E-state index in [0.717, 1.165) is 20.5 Å². The quantitative estimate of drug-likeness (QED) is 0.447. The van der Waals surface area contributed by atoms with Crippen molar-refractivity contribution in [1.82, 2.24) is 15.5 Å². The molecule has 0 saturated heterocycles. The number of thiophene rings is 1. The minimum absolute atomic E-state index is 0.0173. The Bertz CT molecular complexity index is 1090. The predicted octanol–water partition coefficient (Wildman–Crippen LogP) is 3.78. The molecule has 2 N–H and O–H groups in total. The monoisotopic (exact) mass is 424 g/mol. The number of hydrogen-bond donors (Lipinski definition) is 2. The summed E-state index contributed by atoms with van der Waals surface area (Å²) in [5.74, 6) is -0.909. The highest BCUT2D eigenvalue weighted by Gasteiger charge is 2.26. The lowest BCUT2D eigenvalue weighted by atomic mass is 10.0. The van der Waals surface area contributed by atoms with Crippen LogP contribution in [0.5, 0.6) is 0 Å². The third-order valence-electron chi connectivity index (χ3n) is 4.69. The van der Waals surface area contributed by atoms with E-state index >= 15 is 0 Å². The molecule has 154 valence electrons. The number of hydrogen-bond acceptors (Lipinski definition) is 4. The van der Waals surface area contributed by atoms with Crippen molar-refractivity contribution in [3.8, 4) is 6.19 Å². The molecular formula is C22H21FN4O2S. The van der Waals surface area contributed by atoms with Crippen LogP contribution in [0.25, 0.3) is 10.1 Å². The van der Waals surface area contributed by atoms with Gasteiger partial charge in [0.2, 0.25) is 0 Å². The van der Waals surface area contributed by atoms with Crippen LogP contribution in [-0.2, 0) is 17.8 Å². The molecule has 0 aliphatic rings. The number of nitrogens with zero attached hydrogens (tertiary/aromatic N) is 2. The fourth-order valence-electron chi connectivity index (χ4n) is 3.10. The number of amides is 3. The Morgan fingerprint density at radius 3 is 2.63 bits per heavy atom. The molecule has 0 bridgehead atoms. The van der Waals surface area contributed by atoms with Crippen LogP contribution in [0.1, 0.15) is 18.1 Å². The molecule has 1 unspecified atom stereocenters. The molecule has 6 nitrogen and oxygen atoms in total. The molecule has 1 atom stereocenters. The van der Waals surface area contributed by atoms with Crippen LogP contribution in [0.3, 0.4) is 0 Å². The molecule has 0 spiro atoms. The lowest BCUT2D eigenvalue weighted by molar-refractivity contribution is -0.129.